The average Bonchev–Trinajstić information content (AvgIpc) is 2.58. The zero-order valence-corrected chi connectivity index (χ0v) is 13.0. The third kappa shape index (κ3) is 2.48. The number of hydrogen-bond donors (Lipinski definition) is 1. The van der Waals surface area contributed by atoms with Crippen molar-refractivity contribution in [2.75, 3.05) is 7.05 Å². The van der Waals surface area contributed by atoms with E-state index in [1.54, 1.807) is 7.05 Å². The van der Waals surface area contributed by atoms with Crippen molar-refractivity contribution >= 4 is 18.5 Å². The van der Waals surface area contributed by atoms with Crippen LogP contribution in [0.1, 0.15) is 43.6 Å². The Bertz CT molecular complexity index is 524. The molecular weight excluding hydrogens is 253 g/mol. The molecule has 2 rings (SSSR count). The summed E-state index contributed by atoms with van der Waals surface area (Å²) in [7, 11) is 1.19. The van der Waals surface area contributed by atoms with Crippen molar-refractivity contribution in [3.05, 3.63) is 29.3 Å². The van der Waals surface area contributed by atoms with Gasteiger partial charge in [-0.3, -0.25) is 4.79 Å². The lowest BCUT2D eigenvalue weighted by molar-refractivity contribution is 0.00578. The molecule has 0 radical (unpaired) electrons. The first-order chi connectivity index (χ1) is 9.18. The van der Waals surface area contributed by atoms with E-state index in [1.165, 1.54) is 0 Å². The van der Waals surface area contributed by atoms with Crippen LogP contribution in [0.15, 0.2) is 18.2 Å². The lowest BCUT2D eigenvalue weighted by Crippen LogP contribution is -2.41. The molecular formula is C15H22BNO3. The van der Waals surface area contributed by atoms with Gasteiger partial charge >= 0.3 is 7.12 Å². The summed E-state index contributed by atoms with van der Waals surface area (Å²) in [5.41, 5.74) is 1.70. The van der Waals surface area contributed by atoms with Crippen molar-refractivity contribution in [1.82, 2.24) is 5.32 Å². The number of carbonyl (C=O) groups excluding carboxylic acids is 1. The summed E-state index contributed by atoms with van der Waals surface area (Å²) in [5.74, 6) is -0.0964. The minimum absolute atomic E-state index is 0.0964. The van der Waals surface area contributed by atoms with E-state index in [9.17, 15) is 4.79 Å². The summed E-state index contributed by atoms with van der Waals surface area (Å²) in [6.45, 7) is 9.97. The second-order valence-electron chi connectivity index (χ2n) is 6.24. The van der Waals surface area contributed by atoms with Crippen LogP contribution in [0.2, 0.25) is 0 Å². The van der Waals surface area contributed by atoms with E-state index in [-0.39, 0.29) is 17.1 Å². The van der Waals surface area contributed by atoms with Crippen LogP contribution in [0.4, 0.5) is 0 Å². The lowest BCUT2D eigenvalue weighted by Gasteiger charge is -2.32. The molecule has 0 bridgehead atoms. The molecule has 1 fully saturated rings. The molecule has 0 spiro atoms. The summed E-state index contributed by atoms with van der Waals surface area (Å²) in [4.78, 5) is 11.9. The van der Waals surface area contributed by atoms with Crippen molar-refractivity contribution in [2.24, 2.45) is 0 Å². The zero-order chi connectivity index (χ0) is 15.1. The first-order valence-electron chi connectivity index (χ1n) is 6.86. The molecule has 4 nitrogen and oxygen atoms in total. The maximum atomic E-state index is 11.9. The topological polar surface area (TPSA) is 47.6 Å². The summed E-state index contributed by atoms with van der Waals surface area (Å²) in [6.07, 6.45) is 0. The quantitative estimate of drug-likeness (QED) is 0.835. The van der Waals surface area contributed by atoms with Gasteiger partial charge < -0.3 is 14.6 Å². The normalized spacial score (nSPS) is 20.0. The maximum Gasteiger partial charge on any atom is 0.494 e. The van der Waals surface area contributed by atoms with E-state index >= 15 is 0 Å². The smallest absolute Gasteiger partial charge is 0.399 e. The van der Waals surface area contributed by atoms with Crippen LogP contribution in [0.5, 0.6) is 0 Å². The molecule has 20 heavy (non-hydrogen) atoms. The SMILES string of the molecule is CNC(=O)c1cc(B2OC(C)(C)C(C)(C)O2)ccc1C. The molecule has 0 atom stereocenters. The van der Waals surface area contributed by atoms with Crippen molar-refractivity contribution in [1.29, 1.82) is 0 Å². The molecule has 1 saturated heterocycles. The number of aryl methyl sites for hydroxylation is 1. The largest absolute Gasteiger partial charge is 0.494 e. The minimum Gasteiger partial charge on any atom is -0.399 e. The number of hydrogen-bond acceptors (Lipinski definition) is 3. The molecule has 1 aliphatic rings. The van der Waals surface area contributed by atoms with Gasteiger partial charge in [-0.15, -0.1) is 0 Å². The van der Waals surface area contributed by atoms with Crippen molar-refractivity contribution in [3.8, 4) is 0 Å². The van der Waals surface area contributed by atoms with Crippen LogP contribution >= 0.6 is 0 Å². The Hall–Kier alpha value is -1.33. The van der Waals surface area contributed by atoms with Gasteiger partial charge in [0, 0.05) is 12.6 Å². The fourth-order valence-electron chi connectivity index (χ4n) is 2.14. The van der Waals surface area contributed by atoms with Gasteiger partial charge in [0.1, 0.15) is 0 Å². The van der Waals surface area contributed by atoms with Crippen LogP contribution in [-0.4, -0.2) is 31.3 Å². The molecule has 1 amide bonds. The van der Waals surface area contributed by atoms with Crippen LogP contribution in [0, 0.1) is 6.92 Å². The lowest BCUT2D eigenvalue weighted by atomic mass is 9.77. The molecule has 1 aromatic rings. The molecule has 0 saturated carbocycles. The molecule has 108 valence electrons. The zero-order valence-electron chi connectivity index (χ0n) is 13.0. The van der Waals surface area contributed by atoms with Gasteiger partial charge in [-0.2, -0.15) is 0 Å². The van der Waals surface area contributed by atoms with Gasteiger partial charge in [-0.25, -0.2) is 0 Å². The Morgan fingerprint density at radius 1 is 1.15 bits per heavy atom. The highest BCUT2D eigenvalue weighted by molar-refractivity contribution is 6.62. The van der Waals surface area contributed by atoms with Gasteiger partial charge in [0.15, 0.2) is 0 Å². The number of nitrogens with one attached hydrogen (secondary N) is 1. The van der Waals surface area contributed by atoms with Crippen LogP contribution < -0.4 is 10.8 Å². The first-order valence-corrected chi connectivity index (χ1v) is 6.86. The highest BCUT2D eigenvalue weighted by Gasteiger charge is 2.51. The van der Waals surface area contributed by atoms with Gasteiger partial charge in [0.25, 0.3) is 5.91 Å². The van der Waals surface area contributed by atoms with Gasteiger partial charge in [-0.05, 0) is 51.7 Å². The number of benzene rings is 1. The number of carbonyl (C=O) groups is 1. The van der Waals surface area contributed by atoms with Crippen LogP contribution in [-0.2, 0) is 9.31 Å². The third-order valence-corrected chi connectivity index (χ3v) is 4.26. The Balaban J connectivity index is 2.34. The molecule has 0 unspecified atom stereocenters. The maximum absolute atomic E-state index is 11.9. The Morgan fingerprint density at radius 2 is 1.70 bits per heavy atom. The Labute approximate surface area is 121 Å². The number of rotatable bonds is 2. The second-order valence-corrected chi connectivity index (χ2v) is 6.24. The molecule has 0 aliphatic carbocycles. The molecule has 1 aliphatic heterocycles. The predicted molar refractivity (Wildman–Crippen MR) is 80.3 cm³/mol. The predicted octanol–water partition coefficient (Wildman–Crippen LogP) is 1.65. The van der Waals surface area contributed by atoms with Gasteiger partial charge in [0.2, 0.25) is 0 Å². The standard InChI is InChI=1S/C15H22BNO3/c1-10-7-8-11(9-12(10)13(18)17-6)16-19-14(2,3)15(4,5)20-16/h7-9H,1-6H3,(H,17,18). The van der Waals surface area contributed by atoms with Crippen LogP contribution in [0.25, 0.3) is 0 Å². The van der Waals surface area contributed by atoms with E-state index in [0.29, 0.717) is 5.56 Å². The van der Waals surface area contributed by atoms with E-state index < -0.39 is 7.12 Å². The molecule has 1 N–H and O–H groups in total. The van der Waals surface area contributed by atoms with Crippen molar-refractivity contribution in [2.45, 2.75) is 45.8 Å². The van der Waals surface area contributed by atoms with Crippen LogP contribution in [0.3, 0.4) is 0 Å². The molecule has 1 heterocycles. The minimum atomic E-state index is -0.441. The molecule has 1 aromatic carbocycles. The Kier molecular flexibility index (Phi) is 3.69. The molecule has 0 aromatic heterocycles. The molecule has 5 heteroatoms. The van der Waals surface area contributed by atoms with E-state index in [0.717, 1.165) is 11.0 Å². The third-order valence-electron chi connectivity index (χ3n) is 4.26. The van der Waals surface area contributed by atoms with Crippen molar-refractivity contribution in [3.63, 3.8) is 0 Å². The summed E-state index contributed by atoms with van der Waals surface area (Å²) in [5, 5.41) is 2.65. The van der Waals surface area contributed by atoms with E-state index in [1.807, 2.05) is 52.8 Å². The fraction of sp³-hybridized carbons (Fsp3) is 0.533. The van der Waals surface area contributed by atoms with E-state index in [2.05, 4.69) is 5.32 Å². The summed E-state index contributed by atoms with van der Waals surface area (Å²) >= 11 is 0. The highest BCUT2D eigenvalue weighted by atomic mass is 16.7. The second kappa shape index (κ2) is 4.90. The fourth-order valence-corrected chi connectivity index (χ4v) is 2.14. The summed E-state index contributed by atoms with van der Waals surface area (Å²) in [6, 6.07) is 5.71. The van der Waals surface area contributed by atoms with E-state index in [4.69, 9.17) is 9.31 Å². The van der Waals surface area contributed by atoms with Crippen molar-refractivity contribution < 1.29 is 14.1 Å². The Morgan fingerprint density at radius 3 is 2.20 bits per heavy atom. The monoisotopic (exact) mass is 275 g/mol. The highest BCUT2D eigenvalue weighted by Crippen LogP contribution is 2.36. The first kappa shape index (κ1) is 15.1. The van der Waals surface area contributed by atoms with Gasteiger partial charge in [0.05, 0.1) is 11.2 Å². The van der Waals surface area contributed by atoms with Gasteiger partial charge in [-0.1, -0.05) is 12.1 Å². The summed E-state index contributed by atoms with van der Waals surface area (Å²) < 4.78 is 12.0. The number of amides is 1. The average molecular weight is 275 g/mol.